The highest BCUT2D eigenvalue weighted by molar-refractivity contribution is 5.93. The molecule has 5 heteroatoms. The second-order valence-corrected chi connectivity index (χ2v) is 6.23. The van der Waals surface area contributed by atoms with E-state index in [1.54, 1.807) is 11.0 Å². The summed E-state index contributed by atoms with van der Waals surface area (Å²) in [6, 6.07) is 0. The van der Waals surface area contributed by atoms with Gasteiger partial charge in [0.05, 0.1) is 5.70 Å². The monoisotopic (exact) mass is 351 g/mol. The van der Waals surface area contributed by atoms with Gasteiger partial charge in [0, 0.05) is 32.1 Å². The first-order chi connectivity index (χ1) is 11.9. The van der Waals surface area contributed by atoms with Crippen LogP contribution in [0.2, 0.25) is 0 Å². The molecular weight excluding hydrogens is 314 g/mol. The van der Waals surface area contributed by atoms with Gasteiger partial charge >= 0.3 is 0 Å². The number of allylic oxidation sites excluding steroid dienone is 3. The van der Waals surface area contributed by atoms with Crippen LogP contribution in [0.4, 0.5) is 0 Å². The van der Waals surface area contributed by atoms with Gasteiger partial charge in [-0.05, 0) is 32.8 Å². The fourth-order valence-corrected chi connectivity index (χ4v) is 2.29. The highest BCUT2D eigenvalue weighted by Gasteiger charge is 2.35. The van der Waals surface area contributed by atoms with E-state index in [4.69, 9.17) is 5.73 Å². The van der Waals surface area contributed by atoms with Crippen LogP contribution in [0.3, 0.4) is 0 Å². The number of amides is 2. The Labute approximate surface area is 153 Å². The van der Waals surface area contributed by atoms with E-state index in [1.165, 1.54) is 6.42 Å². The summed E-state index contributed by atoms with van der Waals surface area (Å²) < 4.78 is 0. The molecule has 0 aromatic rings. The molecule has 25 heavy (non-hydrogen) atoms. The van der Waals surface area contributed by atoms with Gasteiger partial charge in [-0.3, -0.25) is 9.59 Å². The van der Waals surface area contributed by atoms with E-state index in [2.05, 4.69) is 13.8 Å². The number of hydrogen-bond donors (Lipinski definition) is 1. The predicted octanol–water partition coefficient (Wildman–Crippen LogP) is 3.32. The summed E-state index contributed by atoms with van der Waals surface area (Å²) in [5.41, 5.74) is 7.06. The van der Waals surface area contributed by atoms with Crippen molar-refractivity contribution >= 4 is 11.8 Å². The first kappa shape index (κ1) is 23.2. The SMILES string of the molecule is C/C=C(C)\C=C(/N)C(=O)N1CCN(C(=O)C2CC2)CC1.CC.CCC. The van der Waals surface area contributed by atoms with Gasteiger partial charge in [0.1, 0.15) is 0 Å². The third-order valence-electron chi connectivity index (χ3n) is 3.89. The van der Waals surface area contributed by atoms with E-state index in [9.17, 15) is 9.59 Å². The number of rotatable bonds is 3. The van der Waals surface area contributed by atoms with Crippen molar-refractivity contribution in [3.8, 4) is 0 Å². The average molecular weight is 352 g/mol. The molecule has 0 unspecified atom stereocenters. The molecule has 0 radical (unpaired) electrons. The van der Waals surface area contributed by atoms with Crippen LogP contribution in [0.25, 0.3) is 0 Å². The Morgan fingerprint density at radius 2 is 1.48 bits per heavy atom. The lowest BCUT2D eigenvalue weighted by molar-refractivity contribution is -0.138. The number of carbonyl (C=O) groups is 2. The number of nitrogens with zero attached hydrogens (tertiary/aromatic N) is 2. The molecule has 144 valence electrons. The standard InChI is InChI=1S/C15H23N3O2.C3H8.C2H6/c1-3-11(2)10-13(16)15(20)18-8-6-17(7-9-18)14(19)12-4-5-12;1-3-2;1-2/h3,10,12H,4-9,16H2,1-2H3;3H2,1-2H3;1-2H3/b11-3-,13-10-;;. The summed E-state index contributed by atoms with van der Waals surface area (Å²) in [7, 11) is 0. The number of nitrogens with two attached hydrogens (primary N) is 1. The van der Waals surface area contributed by atoms with E-state index in [0.29, 0.717) is 26.2 Å². The van der Waals surface area contributed by atoms with Crippen molar-refractivity contribution in [3.05, 3.63) is 23.4 Å². The molecule has 0 spiro atoms. The maximum Gasteiger partial charge on any atom is 0.269 e. The summed E-state index contributed by atoms with van der Waals surface area (Å²) in [5.74, 6) is 0.370. The highest BCUT2D eigenvalue weighted by Crippen LogP contribution is 2.31. The van der Waals surface area contributed by atoms with Gasteiger partial charge in [-0.2, -0.15) is 0 Å². The van der Waals surface area contributed by atoms with Crippen LogP contribution in [-0.4, -0.2) is 47.8 Å². The fraction of sp³-hybridized carbons (Fsp3) is 0.700. The molecule has 0 aromatic heterocycles. The van der Waals surface area contributed by atoms with Gasteiger partial charge in [-0.15, -0.1) is 0 Å². The third kappa shape index (κ3) is 8.23. The van der Waals surface area contributed by atoms with Crippen molar-refractivity contribution in [2.24, 2.45) is 11.7 Å². The van der Waals surface area contributed by atoms with Crippen LogP contribution in [0.15, 0.2) is 23.4 Å². The fourth-order valence-electron chi connectivity index (χ4n) is 2.29. The van der Waals surface area contributed by atoms with Gasteiger partial charge in [0.15, 0.2) is 0 Å². The minimum absolute atomic E-state index is 0.135. The van der Waals surface area contributed by atoms with E-state index in [-0.39, 0.29) is 23.4 Å². The van der Waals surface area contributed by atoms with E-state index < -0.39 is 0 Å². The Bertz CT molecular complexity index is 471. The molecule has 1 heterocycles. The molecule has 2 amide bonds. The second kappa shape index (κ2) is 12.6. The van der Waals surface area contributed by atoms with Crippen molar-refractivity contribution in [1.29, 1.82) is 0 Å². The van der Waals surface area contributed by atoms with Crippen LogP contribution < -0.4 is 5.73 Å². The van der Waals surface area contributed by atoms with Gasteiger partial charge in [0.25, 0.3) is 5.91 Å². The summed E-state index contributed by atoms with van der Waals surface area (Å²) in [6.45, 7) is 14.5. The molecular formula is C20H37N3O2. The second-order valence-electron chi connectivity index (χ2n) is 6.23. The van der Waals surface area contributed by atoms with Crippen molar-refractivity contribution < 1.29 is 9.59 Å². The smallest absolute Gasteiger partial charge is 0.269 e. The minimum Gasteiger partial charge on any atom is -0.394 e. The molecule has 1 aliphatic heterocycles. The van der Waals surface area contributed by atoms with E-state index in [1.807, 2.05) is 38.7 Å². The summed E-state index contributed by atoms with van der Waals surface area (Å²) >= 11 is 0. The first-order valence-corrected chi connectivity index (χ1v) is 9.62. The molecule has 2 fully saturated rings. The average Bonchev–Trinajstić information content (AvgIpc) is 3.48. The number of carbonyl (C=O) groups excluding carboxylic acids is 2. The first-order valence-electron chi connectivity index (χ1n) is 9.62. The van der Waals surface area contributed by atoms with Crippen molar-refractivity contribution in [3.63, 3.8) is 0 Å². The molecule has 0 bridgehead atoms. The number of piperazine rings is 1. The van der Waals surface area contributed by atoms with Crippen LogP contribution in [0, 0.1) is 5.92 Å². The van der Waals surface area contributed by atoms with E-state index in [0.717, 1.165) is 18.4 Å². The third-order valence-corrected chi connectivity index (χ3v) is 3.89. The number of hydrogen-bond acceptors (Lipinski definition) is 3. The highest BCUT2D eigenvalue weighted by atomic mass is 16.2. The molecule has 1 saturated carbocycles. The van der Waals surface area contributed by atoms with Crippen LogP contribution in [0.1, 0.15) is 60.8 Å². The molecule has 2 rings (SSSR count). The zero-order chi connectivity index (χ0) is 19.4. The van der Waals surface area contributed by atoms with E-state index >= 15 is 0 Å². The molecule has 5 nitrogen and oxygen atoms in total. The Hall–Kier alpha value is -1.78. The Kier molecular flexibility index (Phi) is 11.7. The lowest BCUT2D eigenvalue weighted by atomic mass is 10.2. The van der Waals surface area contributed by atoms with Crippen LogP contribution in [-0.2, 0) is 9.59 Å². The molecule has 2 aliphatic rings. The summed E-state index contributed by atoms with van der Waals surface area (Å²) in [4.78, 5) is 27.7. The summed E-state index contributed by atoms with van der Waals surface area (Å²) in [6.07, 6.45) is 6.91. The van der Waals surface area contributed by atoms with Gasteiger partial charge < -0.3 is 15.5 Å². The molecule has 1 saturated heterocycles. The zero-order valence-electron chi connectivity index (χ0n) is 17.0. The largest absolute Gasteiger partial charge is 0.394 e. The lowest BCUT2D eigenvalue weighted by Crippen LogP contribution is -2.51. The Morgan fingerprint density at radius 3 is 1.88 bits per heavy atom. The van der Waals surface area contributed by atoms with Crippen molar-refractivity contribution in [2.75, 3.05) is 26.2 Å². The maximum atomic E-state index is 12.2. The quantitative estimate of drug-likeness (QED) is 0.626. The van der Waals surface area contributed by atoms with Crippen LogP contribution >= 0.6 is 0 Å². The van der Waals surface area contributed by atoms with Crippen molar-refractivity contribution in [1.82, 2.24) is 9.80 Å². The summed E-state index contributed by atoms with van der Waals surface area (Å²) in [5, 5.41) is 0. The normalized spacial score (nSPS) is 17.8. The lowest BCUT2D eigenvalue weighted by Gasteiger charge is -2.35. The molecule has 1 aliphatic carbocycles. The Balaban J connectivity index is 0.00000104. The molecule has 0 aromatic carbocycles. The van der Waals surface area contributed by atoms with Crippen molar-refractivity contribution in [2.45, 2.75) is 60.8 Å². The topological polar surface area (TPSA) is 66.6 Å². The van der Waals surface area contributed by atoms with Gasteiger partial charge in [-0.25, -0.2) is 0 Å². The Morgan fingerprint density at radius 1 is 1.04 bits per heavy atom. The van der Waals surface area contributed by atoms with Crippen LogP contribution in [0.5, 0.6) is 0 Å². The minimum atomic E-state index is -0.135. The zero-order valence-corrected chi connectivity index (χ0v) is 17.0. The van der Waals surface area contributed by atoms with Gasteiger partial charge in [-0.1, -0.05) is 45.8 Å². The predicted molar refractivity (Wildman–Crippen MR) is 105 cm³/mol. The molecule has 0 atom stereocenters. The van der Waals surface area contributed by atoms with Gasteiger partial charge in [0.2, 0.25) is 5.91 Å². The molecule has 2 N–H and O–H groups in total. The maximum absolute atomic E-state index is 12.2.